The normalized spacial score (nSPS) is 32.2. The Hall–Kier alpha value is -0.910. The molecule has 5 nitrogen and oxygen atoms in total. The molecule has 0 spiro atoms. The van der Waals surface area contributed by atoms with Gasteiger partial charge in [-0.1, -0.05) is 0 Å². The van der Waals surface area contributed by atoms with E-state index in [2.05, 4.69) is 48.3 Å². The van der Waals surface area contributed by atoms with Crippen LogP contribution < -0.4 is 5.73 Å². The Morgan fingerprint density at radius 2 is 2.05 bits per heavy atom. The van der Waals surface area contributed by atoms with Gasteiger partial charge in [-0.2, -0.15) is 0 Å². The first-order chi connectivity index (χ1) is 9.29. The molecule has 20 heavy (non-hydrogen) atoms. The van der Waals surface area contributed by atoms with E-state index in [1.54, 1.807) is 0 Å². The summed E-state index contributed by atoms with van der Waals surface area (Å²) >= 11 is 0. The van der Waals surface area contributed by atoms with Crippen LogP contribution in [0.25, 0.3) is 0 Å². The van der Waals surface area contributed by atoms with E-state index in [1.807, 2.05) is 6.20 Å². The van der Waals surface area contributed by atoms with Gasteiger partial charge in [0.2, 0.25) is 0 Å². The zero-order valence-electron chi connectivity index (χ0n) is 13.0. The maximum atomic E-state index is 6.45. The standard InChI is InChI=1S/C15H26N4O/c1-14(2)11(13(16)15(3,4)20-14)9-18-7-8-19-6-5-17-12(19)10-18/h5-6,11,13H,7-10,16H2,1-4H3. The van der Waals surface area contributed by atoms with Crippen molar-refractivity contribution in [1.29, 1.82) is 0 Å². The van der Waals surface area contributed by atoms with Crippen LogP contribution in [-0.4, -0.2) is 44.8 Å². The highest BCUT2D eigenvalue weighted by atomic mass is 16.5. The minimum Gasteiger partial charge on any atom is -0.368 e. The SMILES string of the molecule is CC1(C)OC(C)(C)C(CN2CCn3ccnc3C2)C1N. The summed E-state index contributed by atoms with van der Waals surface area (Å²) in [6, 6.07) is 0.0687. The van der Waals surface area contributed by atoms with Gasteiger partial charge in [-0.05, 0) is 27.7 Å². The zero-order chi connectivity index (χ0) is 14.5. The lowest BCUT2D eigenvalue weighted by Crippen LogP contribution is -2.49. The van der Waals surface area contributed by atoms with E-state index in [0.29, 0.717) is 5.92 Å². The molecule has 112 valence electrons. The van der Waals surface area contributed by atoms with E-state index in [1.165, 1.54) is 0 Å². The smallest absolute Gasteiger partial charge is 0.122 e. The third-order valence-corrected chi connectivity index (χ3v) is 4.93. The monoisotopic (exact) mass is 278 g/mol. The van der Waals surface area contributed by atoms with Crippen molar-refractivity contribution < 1.29 is 4.74 Å². The molecule has 1 aromatic rings. The number of hydrogen-bond donors (Lipinski definition) is 1. The number of rotatable bonds is 2. The van der Waals surface area contributed by atoms with Gasteiger partial charge < -0.3 is 15.0 Å². The summed E-state index contributed by atoms with van der Waals surface area (Å²) < 4.78 is 8.42. The molecule has 2 unspecified atom stereocenters. The Morgan fingerprint density at radius 1 is 1.30 bits per heavy atom. The highest BCUT2D eigenvalue weighted by Gasteiger charge is 2.52. The second kappa shape index (κ2) is 4.55. The molecule has 2 aliphatic heterocycles. The van der Waals surface area contributed by atoms with Gasteiger partial charge in [0.15, 0.2) is 0 Å². The maximum absolute atomic E-state index is 6.45. The van der Waals surface area contributed by atoms with E-state index in [9.17, 15) is 0 Å². The van der Waals surface area contributed by atoms with E-state index >= 15 is 0 Å². The fourth-order valence-corrected chi connectivity index (χ4v) is 3.73. The predicted molar refractivity (Wildman–Crippen MR) is 78.2 cm³/mol. The van der Waals surface area contributed by atoms with Crippen molar-refractivity contribution in [3.63, 3.8) is 0 Å². The second-order valence-electron chi connectivity index (χ2n) is 7.21. The fourth-order valence-electron chi connectivity index (χ4n) is 3.73. The summed E-state index contributed by atoms with van der Waals surface area (Å²) in [6.07, 6.45) is 3.94. The molecule has 0 aliphatic carbocycles. The van der Waals surface area contributed by atoms with Crippen molar-refractivity contribution in [2.45, 2.75) is 58.0 Å². The number of imidazole rings is 1. The molecule has 3 rings (SSSR count). The number of fused-ring (bicyclic) bond motifs is 1. The van der Waals surface area contributed by atoms with Gasteiger partial charge in [-0.3, -0.25) is 4.90 Å². The lowest BCUT2D eigenvalue weighted by Gasteiger charge is -2.35. The lowest BCUT2D eigenvalue weighted by atomic mass is 9.82. The molecule has 0 aromatic carbocycles. The van der Waals surface area contributed by atoms with Gasteiger partial charge in [0, 0.05) is 44.0 Å². The molecule has 0 saturated carbocycles. The number of nitrogens with two attached hydrogens (primary N) is 1. The summed E-state index contributed by atoms with van der Waals surface area (Å²) in [5, 5.41) is 0. The van der Waals surface area contributed by atoms with E-state index in [0.717, 1.165) is 32.0 Å². The molecule has 0 amide bonds. The lowest BCUT2D eigenvalue weighted by molar-refractivity contribution is -0.0789. The van der Waals surface area contributed by atoms with Crippen LogP contribution in [0, 0.1) is 5.92 Å². The molecule has 0 radical (unpaired) electrons. The van der Waals surface area contributed by atoms with Crippen LogP contribution in [0.2, 0.25) is 0 Å². The minimum atomic E-state index is -0.248. The summed E-state index contributed by atoms with van der Waals surface area (Å²) in [6.45, 7) is 12.5. The number of ether oxygens (including phenoxy) is 1. The van der Waals surface area contributed by atoms with Gasteiger partial charge in [-0.25, -0.2) is 4.98 Å². The highest BCUT2D eigenvalue weighted by molar-refractivity contribution is 5.05. The molecule has 1 saturated heterocycles. The molecule has 0 bridgehead atoms. The average molecular weight is 278 g/mol. The molecule has 3 heterocycles. The molecule has 2 atom stereocenters. The Labute approximate surface area is 121 Å². The van der Waals surface area contributed by atoms with Crippen LogP contribution in [0.1, 0.15) is 33.5 Å². The van der Waals surface area contributed by atoms with Gasteiger partial charge in [0.05, 0.1) is 17.7 Å². The molecule has 2 aliphatic rings. The summed E-state index contributed by atoms with van der Waals surface area (Å²) in [5.41, 5.74) is 6.03. The highest BCUT2D eigenvalue weighted by Crippen LogP contribution is 2.41. The Morgan fingerprint density at radius 3 is 2.70 bits per heavy atom. The average Bonchev–Trinajstić information content (AvgIpc) is 2.85. The van der Waals surface area contributed by atoms with Crippen molar-refractivity contribution in [2.24, 2.45) is 11.7 Å². The van der Waals surface area contributed by atoms with Gasteiger partial charge in [0.1, 0.15) is 5.82 Å². The van der Waals surface area contributed by atoms with Crippen LogP contribution in [0.15, 0.2) is 12.4 Å². The second-order valence-corrected chi connectivity index (χ2v) is 7.21. The first-order valence-corrected chi connectivity index (χ1v) is 7.48. The number of nitrogens with zero attached hydrogens (tertiary/aromatic N) is 3. The van der Waals surface area contributed by atoms with Crippen LogP contribution in [0.5, 0.6) is 0 Å². The van der Waals surface area contributed by atoms with Crippen LogP contribution in [0.4, 0.5) is 0 Å². The predicted octanol–water partition coefficient (Wildman–Crippen LogP) is 1.23. The molecule has 5 heteroatoms. The van der Waals surface area contributed by atoms with E-state index < -0.39 is 0 Å². The summed E-state index contributed by atoms with van der Waals surface area (Å²) in [7, 11) is 0. The largest absolute Gasteiger partial charge is 0.368 e. The minimum absolute atomic E-state index is 0.0687. The van der Waals surface area contributed by atoms with Gasteiger partial charge in [-0.15, -0.1) is 0 Å². The topological polar surface area (TPSA) is 56.3 Å². The first kappa shape index (κ1) is 14.0. The van der Waals surface area contributed by atoms with Crippen molar-refractivity contribution in [3.05, 3.63) is 18.2 Å². The van der Waals surface area contributed by atoms with E-state index in [4.69, 9.17) is 10.5 Å². The van der Waals surface area contributed by atoms with Crippen molar-refractivity contribution in [1.82, 2.24) is 14.5 Å². The van der Waals surface area contributed by atoms with Crippen LogP contribution >= 0.6 is 0 Å². The molecule has 1 fully saturated rings. The van der Waals surface area contributed by atoms with Crippen molar-refractivity contribution in [2.75, 3.05) is 13.1 Å². The molecule has 2 N–H and O–H groups in total. The quantitative estimate of drug-likeness (QED) is 0.884. The summed E-state index contributed by atoms with van der Waals surface area (Å²) in [4.78, 5) is 6.88. The van der Waals surface area contributed by atoms with Crippen molar-refractivity contribution >= 4 is 0 Å². The molecular formula is C15H26N4O. The third kappa shape index (κ3) is 2.28. The van der Waals surface area contributed by atoms with Crippen molar-refractivity contribution in [3.8, 4) is 0 Å². The first-order valence-electron chi connectivity index (χ1n) is 7.48. The van der Waals surface area contributed by atoms with Crippen LogP contribution in [0.3, 0.4) is 0 Å². The zero-order valence-corrected chi connectivity index (χ0v) is 13.0. The molecule has 1 aromatic heterocycles. The van der Waals surface area contributed by atoms with Gasteiger partial charge in [0.25, 0.3) is 0 Å². The summed E-state index contributed by atoms with van der Waals surface area (Å²) in [5.74, 6) is 1.50. The Kier molecular flexibility index (Phi) is 3.19. The maximum Gasteiger partial charge on any atom is 0.122 e. The Balaban J connectivity index is 1.72. The van der Waals surface area contributed by atoms with Crippen LogP contribution in [-0.2, 0) is 17.8 Å². The molecular weight excluding hydrogens is 252 g/mol. The van der Waals surface area contributed by atoms with Gasteiger partial charge >= 0.3 is 0 Å². The van der Waals surface area contributed by atoms with E-state index in [-0.39, 0.29) is 17.2 Å². The Bertz CT molecular complexity index is 494. The third-order valence-electron chi connectivity index (χ3n) is 4.93. The fraction of sp³-hybridized carbons (Fsp3) is 0.800. The number of hydrogen-bond acceptors (Lipinski definition) is 4. The number of aromatic nitrogens is 2.